The summed E-state index contributed by atoms with van der Waals surface area (Å²) in [4.78, 5) is 0. The van der Waals surface area contributed by atoms with Crippen molar-refractivity contribution < 1.29 is 24.2 Å². The van der Waals surface area contributed by atoms with Crippen LogP contribution in [0.1, 0.15) is 109 Å². The van der Waals surface area contributed by atoms with E-state index >= 15 is 0 Å². The van der Waals surface area contributed by atoms with Gasteiger partial charge in [-0.05, 0) is 58.4 Å². The molecular formula is C44H54Cl2Zr-4. The van der Waals surface area contributed by atoms with Gasteiger partial charge >= 0.3 is 28.4 Å². The maximum Gasteiger partial charge on any atom is -0.171 e. The molecule has 47 heavy (non-hydrogen) atoms. The summed E-state index contributed by atoms with van der Waals surface area (Å²) >= 11 is 1.30. The molecule has 0 heterocycles. The third kappa shape index (κ3) is 9.35. The van der Waals surface area contributed by atoms with Gasteiger partial charge in [-0.2, -0.15) is 53.6 Å². The van der Waals surface area contributed by atoms with E-state index in [4.69, 9.17) is 0 Å². The van der Waals surface area contributed by atoms with Crippen molar-refractivity contribution in [2.75, 3.05) is 0 Å². The molecule has 3 aromatic rings. The minimum Gasteiger partial charge on any atom is -0.358 e. The summed E-state index contributed by atoms with van der Waals surface area (Å²) in [6.45, 7) is 22.6. The van der Waals surface area contributed by atoms with Gasteiger partial charge in [-0.1, -0.05) is 104 Å². The van der Waals surface area contributed by atoms with Crippen molar-refractivity contribution in [2.45, 2.75) is 92.9 Å². The molecule has 0 N–H and O–H groups in total. The number of fused-ring (bicyclic) bond motifs is 5. The first kappa shape index (κ1) is 43.0. The number of hydrogen-bond acceptors (Lipinski definition) is 0. The van der Waals surface area contributed by atoms with E-state index in [0.29, 0.717) is 11.3 Å². The Kier molecular flexibility index (Phi) is 15.6. The Bertz CT molecular complexity index is 1530. The van der Waals surface area contributed by atoms with E-state index in [1.165, 1.54) is 91.9 Å². The van der Waals surface area contributed by atoms with Crippen LogP contribution in [0.4, 0.5) is 0 Å². The minimum atomic E-state index is 0. The fourth-order valence-electron chi connectivity index (χ4n) is 6.83. The maximum absolute atomic E-state index is 3.65. The monoisotopic (exact) mass is 742 g/mol. The number of rotatable bonds is 1. The van der Waals surface area contributed by atoms with E-state index in [-0.39, 0.29) is 43.1 Å². The summed E-state index contributed by atoms with van der Waals surface area (Å²) in [5.74, 6) is 0.573. The van der Waals surface area contributed by atoms with Crippen LogP contribution in [0.5, 0.6) is 0 Å². The van der Waals surface area contributed by atoms with Gasteiger partial charge in [0.2, 0.25) is 0 Å². The Labute approximate surface area is 315 Å². The van der Waals surface area contributed by atoms with Crippen molar-refractivity contribution in [3.8, 4) is 11.1 Å². The molecule has 0 bridgehead atoms. The molecule has 0 amide bonds. The zero-order valence-electron chi connectivity index (χ0n) is 30.4. The molecule has 1 unspecified atom stereocenters. The van der Waals surface area contributed by atoms with Crippen LogP contribution >= 0.6 is 24.8 Å². The SMILES string of the molecule is CC1=[C-]C(C)(C)c2cc3c(cc21)-c1cc2c(cc1C3)C(C)(C)C=C2C.CCC1[C-]=CC(C(C)(C)C)=C1.Cl.Cl.[CH2]=[Zr].[CH3-].[c-]1ccccc1. The Balaban J connectivity index is 0.000000421. The Hall–Kier alpha value is -2.05. The molecule has 0 fully saturated rings. The maximum atomic E-state index is 3.65. The quantitative estimate of drug-likeness (QED) is 0.170. The predicted octanol–water partition coefficient (Wildman–Crippen LogP) is 12.6. The van der Waals surface area contributed by atoms with Gasteiger partial charge in [0.25, 0.3) is 0 Å². The van der Waals surface area contributed by atoms with Crippen molar-refractivity contribution >= 4 is 40.2 Å². The van der Waals surface area contributed by atoms with Gasteiger partial charge in [-0.25, -0.2) is 11.6 Å². The van der Waals surface area contributed by atoms with Crippen LogP contribution in [0.2, 0.25) is 0 Å². The molecule has 4 aliphatic rings. The van der Waals surface area contributed by atoms with Gasteiger partial charge in [0.1, 0.15) is 0 Å². The second kappa shape index (κ2) is 17.1. The number of halogens is 2. The Morgan fingerprint density at radius 2 is 1.38 bits per heavy atom. The van der Waals surface area contributed by atoms with E-state index in [1.807, 2.05) is 30.3 Å². The van der Waals surface area contributed by atoms with Crippen molar-refractivity contribution in [2.24, 2.45) is 11.3 Å². The Morgan fingerprint density at radius 3 is 1.83 bits per heavy atom. The molecule has 0 spiro atoms. The summed E-state index contributed by atoms with van der Waals surface area (Å²) in [5.41, 5.74) is 16.3. The predicted molar refractivity (Wildman–Crippen MR) is 209 cm³/mol. The molecule has 0 aliphatic heterocycles. The molecule has 0 radical (unpaired) electrons. The first-order valence-corrected chi connectivity index (χ1v) is 17.7. The third-order valence-corrected chi connectivity index (χ3v) is 9.18. The fraction of sp³-hybridized carbons (Fsp3) is 0.364. The molecule has 3 aromatic carbocycles. The summed E-state index contributed by atoms with van der Waals surface area (Å²) in [5, 5.41) is 0. The molecule has 7 rings (SSSR count). The zero-order chi connectivity index (χ0) is 32.4. The van der Waals surface area contributed by atoms with Crippen LogP contribution in [0, 0.1) is 37.0 Å². The van der Waals surface area contributed by atoms with Gasteiger partial charge in [0, 0.05) is 5.41 Å². The molecular weight excluding hydrogens is 691 g/mol. The van der Waals surface area contributed by atoms with Crippen LogP contribution in [0.25, 0.3) is 22.3 Å². The summed E-state index contributed by atoms with van der Waals surface area (Å²) in [6.07, 6.45) is 16.1. The number of benzene rings is 3. The van der Waals surface area contributed by atoms with E-state index in [9.17, 15) is 0 Å². The van der Waals surface area contributed by atoms with Crippen LogP contribution in [0.3, 0.4) is 0 Å². The minimum absolute atomic E-state index is 0. The zero-order valence-corrected chi connectivity index (χ0v) is 34.5. The van der Waals surface area contributed by atoms with Crippen molar-refractivity contribution in [3.63, 3.8) is 0 Å². The van der Waals surface area contributed by atoms with Crippen LogP contribution in [-0.4, -0.2) is 4.21 Å². The second-order valence-corrected chi connectivity index (χ2v) is 14.5. The molecule has 0 nitrogen and oxygen atoms in total. The van der Waals surface area contributed by atoms with Gasteiger partial charge in [-0.15, -0.1) is 36.4 Å². The van der Waals surface area contributed by atoms with Crippen LogP contribution in [-0.2, 0) is 41.5 Å². The van der Waals surface area contributed by atoms with Crippen molar-refractivity contribution in [1.82, 2.24) is 0 Å². The van der Waals surface area contributed by atoms with Crippen molar-refractivity contribution in [1.29, 1.82) is 0 Å². The molecule has 1 atom stereocenters. The van der Waals surface area contributed by atoms with Gasteiger partial charge in [0.05, 0.1) is 0 Å². The molecule has 3 heteroatoms. The standard InChI is InChI=1S/C25H25.C11H17.C6H5.CH3.CH2.2ClH.Zr/c1-14-12-24(3,4)22-8-16-7-17-9-23-19(15(2)13-25(23,5)6)11-21(17)20(16)10-18(14)22;1-5-9-6-7-10(8-9)11(2,3)4;1-2-4-6-5-3-1;;;;;/h8-12H,7H2,1-6H3;7-9H,5H2,1-4H3;1-5H;1H3;1H2;2*1H;/q4*-1;;;;. The Morgan fingerprint density at radius 1 is 0.830 bits per heavy atom. The third-order valence-electron chi connectivity index (χ3n) is 9.18. The van der Waals surface area contributed by atoms with E-state index in [0.717, 1.165) is 6.42 Å². The average molecular weight is 745 g/mol. The van der Waals surface area contributed by atoms with E-state index in [1.54, 1.807) is 0 Å². The summed E-state index contributed by atoms with van der Waals surface area (Å²) < 4.78 is 3.34. The normalized spacial score (nSPS) is 17.6. The molecule has 0 aromatic heterocycles. The van der Waals surface area contributed by atoms with Crippen LogP contribution < -0.4 is 0 Å². The smallest absolute Gasteiger partial charge is 0.171 e. The second-order valence-electron chi connectivity index (χ2n) is 14.5. The summed E-state index contributed by atoms with van der Waals surface area (Å²) in [6, 6.07) is 22.3. The summed E-state index contributed by atoms with van der Waals surface area (Å²) in [7, 11) is 0. The topological polar surface area (TPSA) is 0 Å². The molecule has 0 saturated heterocycles. The van der Waals surface area contributed by atoms with Gasteiger partial charge < -0.3 is 7.43 Å². The van der Waals surface area contributed by atoms with E-state index in [2.05, 4.69) is 134 Å². The number of hydrogen-bond donors (Lipinski definition) is 0. The van der Waals surface area contributed by atoms with Crippen LogP contribution in [0.15, 0.2) is 78.4 Å². The fourth-order valence-corrected chi connectivity index (χ4v) is 6.83. The average Bonchev–Trinajstić information content (AvgIpc) is 3.72. The largest absolute Gasteiger partial charge is 0.358 e. The molecule has 4 aliphatic carbocycles. The van der Waals surface area contributed by atoms with Gasteiger partial charge in [-0.3, -0.25) is 12.2 Å². The van der Waals surface area contributed by atoms with Gasteiger partial charge in [0.15, 0.2) is 0 Å². The molecule has 252 valence electrons. The first-order valence-electron chi connectivity index (χ1n) is 16.0. The first-order chi connectivity index (χ1) is 20.7. The van der Waals surface area contributed by atoms with Crippen molar-refractivity contribution in [3.05, 3.63) is 137 Å². The molecule has 0 saturated carbocycles. The van der Waals surface area contributed by atoms with E-state index < -0.39 is 0 Å². The number of allylic oxidation sites excluding steroid dienone is 8.